The molecule has 1 aliphatic rings. The van der Waals surface area contributed by atoms with Gasteiger partial charge in [-0.3, -0.25) is 0 Å². The lowest BCUT2D eigenvalue weighted by molar-refractivity contribution is 0.0282. The van der Waals surface area contributed by atoms with E-state index >= 15 is 0 Å². The van der Waals surface area contributed by atoms with E-state index in [0.29, 0.717) is 19.6 Å². The van der Waals surface area contributed by atoms with Crippen molar-refractivity contribution in [1.29, 1.82) is 0 Å². The van der Waals surface area contributed by atoms with Gasteiger partial charge in [0.25, 0.3) is 0 Å². The summed E-state index contributed by atoms with van der Waals surface area (Å²) in [5, 5.41) is 26.8. The predicted molar refractivity (Wildman–Crippen MR) is 42.6 cm³/mol. The van der Waals surface area contributed by atoms with E-state index in [1.165, 1.54) is 0 Å². The van der Waals surface area contributed by atoms with Crippen LogP contribution in [-0.4, -0.2) is 47.9 Å². The van der Waals surface area contributed by atoms with Crippen molar-refractivity contribution < 1.29 is 20.1 Å². The van der Waals surface area contributed by atoms with E-state index in [2.05, 4.69) is 0 Å². The highest BCUT2D eigenvalue weighted by atomic mass is 16.5. The van der Waals surface area contributed by atoms with E-state index < -0.39 is 6.10 Å². The van der Waals surface area contributed by atoms with Crippen LogP contribution in [0.1, 0.15) is 6.42 Å². The first-order chi connectivity index (χ1) is 5.79. The number of rotatable bonds is 4. The summed E-state index contributed by atoms with van der Waals surface area (Å²) in [7, 11) is 0. The molecule has 0 spiro atoms. The van der Waals surface area contributed by atoms with Gasteiger partial charge in [-0.05, 0) is 12.3 Å². The lowest BCUT2D eigenvalue weighted by Gasteiger charge is -2.20. The standard InChI is InChI=1S/C8H16O4/c9-2-1-6-4-12-5-7(6)8(11)3-10/h6-11H,1-5H2/t6-,7-,8-/m1/s1. The summed E-state index contributed by atoms with van der Waals surface area (Å²) in [5.41, 5.74) is 0. The first-order valence-electron chi connectivity index (χ1n) is 4.27. The summed E-state index contributed by atoms with van der Waals surface area (Å²) in [6.45, 7) is 0.966. The van der Waals surface area contributed by atoms with Crippen molar-refractivity contribution in [2.75, 3.05) is 26.4 Å². The Morgan fingerprint density at radius 3 is 2.67 bits per heavy atom. The summed E-state index contributed by atoms with van der Waals surface area (Å²) in [4.78, 5) is 0. The lowest BCUT2D eigenvalue weighted by atomic mass is 9.89. The Morgan fingerprint density at radius 2 is 2.08 bits per heavy atom. The summed E-state index contributed by atoms with van der Waals surface area (Å²) in [5.74, 6) is 0.180. The van der Waals surface area contributed by atoms with Gasteiger partial charge in [0.15, 0.2) is 0 Å². The van der Waals surface area contributed by atoms with Gasteiger partial charge in [-0.15, -0.1) is 0 Å². The number of aliphatic hydroxyl groups excluding tert-OH is 3. The van der Waals surface area contributed by atoms with Crippen LogP contribution in [0.2, 0.25) is 0 Å². The third-order valence-corrected chi connectivity index (χ3v) is 2.43. The second kappa shape index (κ2) is 4.77. The third kappa shape index (κ3) is 2.17. The summed E-state index contributed by atoms with van der Waals surface area (Å²) < 4.78 is 5.16. The lowest BCUT2D eigenvalue weighted by Crippen LogP contribution is -2.30. The van der Waals surface area contributed by atoms with Gasteiger partial charge in [0.2, 0.25) is 0 Å². The smallest absolute Gasteiger partial charge is 0.0824 e. The molecule has 0 saturated carbocycles. The zero-order chi connectivity index (χ0) is 8.97. The number of ether oxygens (including phenoxy) is 1. The molecule has 0 aliphatic carbocycles. The Hall–Kier alpha value is -0.160. The Kier molecular flexibility index (Phi) is 3.94. The average molecular weight is 176 g/mol. The van der Waals surface area contributed by atoms with Crippen molar-refractivity contribution in [2.45, 2.75) is 12.5 Å². The first kappa shape index (κ1) is 9.92. The molecule has 0 amide bonds. The highest BCUT2D eigenvalue weighted by molar-refractivity contribution is 4.80. The molecule has 1 fully saturated rings. The van der Waals surface area contributed by atoms with Crippen LogP contribution in [0.3, 0.4) is 0 Å². The van der Waals surface area contributed by atoms with Crippen LogP contribution in [0.4, 0.5) is 0 Å². The van der Waals surface area contributed by atoms with Crippen LogP contribution in [0, 0.1) is 11.8 Å². The van der Waals surface area contributed by atoms with Gasteiger partial charge in [0, 0.05) is 19.1 Å². The van der Waals surface area contributed by atoms with Crippen molar-refractivity contribution in [2.24, 2.45) is 11.8 Å². The highest BCUT2D eigenvalue weighted by Gasteiger charge is 2.32. The fraction of sp³-hybridized carbons (Fsp3) is 1.00. The van der Waals surface area contributed by atoms with Crippen molar-refractivity contribution in [3.63, 3.8) is 0 Å². The maximum atomic E-state index is 9.34. The molecule has 1 aliphatic heterocycles. The Balaban J connectivity index is 2.40. The minimum absolute atomic E-state index is 0.0119. The molecule has 1 heterocycles. The average Bonchev–Trinajstić information content (AvgIpc) is 2.52. The zero-order valence-corrected chi connectivity index (χ0v) is 7.02. The molecule has 0 unspecified atom stereocenters. The fourth-order valence-electron chi connectivity index (χ4n) is 1.64. The molecule has 1 rings (SSSR count). The van der Waals surface area contributed by atoms with E-state index in [-0.39, 0.29) is 25.0 Å². The molecule has 1 saturated heterocycles. The molecule has 4 nitrogen and oxygen atoms in total. The monoisotopic (exact) mass is 176 g/mol. The molecule has 12 heavy (non-hydrogen) atoms. The molecule has 0 aromatic rings. The van der Waals surface area contributed by atoms with Gasteiger partial charge in [0.05, 0.1) is 19.3 Å². The largest absolute Gasteiger partial charge is 0.396 e. The van der Waals surface area contributed by atoms with Gasteiger partial charge in [0.1, 0.15) is 0 Å². The molecular weight excluding hydrogens is 160 g/mol. The summed E-state index contributed by atoms with van der Waals surface area (Å²) >= 11 is 0. The maximum absolute atomic E-state index is 9.34. The van der Waals surface area contributed by atoms with E-state index in [4.69, 9.17) is 14.9 Å². The van der Waals surface area contributed by atoms with E-state index in [1.807, 2.05) is 0 Å². The van der Waals surface area contributed by atoms with E-state index in [9.17, 15) is 5.11 Å². The molecule has 4 heteroatoms. The molecule has 0 aromatic heterocycles. The second-order valence-corrected chi connectivity index (χ2v) is 3.22. The quantitative estimate of drug-likeness (QED) is 0.513. The minimum atomic E-state index is -0.705. The normalized spacial score (nSPS) is 32.2. The number of hydrogen-bond donors (Lipinski definition) is 3. The van der Waals surface area contributed by atoms with E-state index in [1.54, 1.807) is 0 Å². The second-order valence-electron chi connectivity index (χ2n) is 3.22. The van der Waals surface area contributed by atoms with Crippen LogP contribution < -0.4 is 0 Å². The van der Waals surface area contributed by atoms with Crippen LogP contribution >= 0.6 is 0 Å². The van der Waals surface area contributed by atoms with Crippen LogP contribution in [0.25, 0.3) is 0 Å². The minimum Gasteiger partial charge on any atom is -0.396 e. The van der Waals surface area contributed by atoms with Gasteiger partial charge in [-0.1, -0.05) is 0 Å². The predicted octanol–water partition coefficient (Wildman–Crippen LogP) is -1.02. The van der Waals surface area contributed by atoms with Crippen molar-refractivity contribution in [3.05, 3.63) is 0 Å². The topological polar surface area (TPSA) is 69.9 Å². The van der Waals surface area contributed by atoms with Gasteiger partial charge in [-0.2, -0.15) is 0 Å². The highest BCUT2D eigenvalue weighted by Crippen LogP contribution is 2.26. The summed E-state index contributed by atoms with van der Waals surface area (Å²) in [6.07, 6.45) is -0.0640. The Bertz CT molecular complexity index is 128. The van der Waals surface area contributed by atoms with Gasteiger partial charge < -0.3 is 20.1 Å². The Labute approximate surface area is 71.8 Å². The Morgan fingerprint density at radius 1 is 1.33 bits per heavy atom. The van der Waals surface area contributed by atoms with Crippen molar-refractivity contribution >= 4 is 0 Å². The SMILES string of the molecule is OCC[C@@H]1COC[C@H]1[C@H](O)CO. The molecule has 3 N–H and O–H groups in total. The van der Waals surface area contributed by atoms with Crippen molar-refractivity contribution in [3.8, 4) is 0 Å². The molecular formula is C8H16O4. The first-order valence-corrected chi connectivity index (χ1v) is 4.27. The van der Waals surface area contributed by atoms with Crippen LogP contribution in [0.5, 0.6) is 0 Å². The van der Waals surface area contributed by atoms with Crippen molar-refractivity contribution in [1.82, 2.24) is 0 Å². The van der Waals surface area contributed by atoms with Gasteiger partial charge in [-0.25, -0.2) is 0 Å². The van der Waals surface area contributed by atoms with Crippen LogP contribution in [-0.2, 0) is 4.74 Å². The van der Waals surface area contributed by atoms with E-state index in [0.717, 1.165) is 0 Å². The molecule has 72 valence electrons. The third-order valence-electron chi connectivity index (χ3n) is 2.43. The molecule has 0 aromatic carbocycles. The number of hydrogen-bond acceptors (Lipinski definition) is 4. The van der Waals surface area contributed by atoms with Gasteiger partial charge >= 0.3 is 0 Å². The summed E-state index contributed by atoms with van der Waals surface area (Å²) in [6, 6.07) is 0. The van der Waals surface area contributed by atoms with Crippen LogP contribution in [0.15, 0.2) is 0 Å². The fourth-order valence-corrected chi connectivity index (χ4v) is 1.64. The number of aliphatic hydroxyl groups is 3. The molecule has 3 atom stereocenters. The molecule has 0 bridgehead atoms. The molecule has 0 radical (unpaired) electrons. The maximum Gasteiger partial charge on any atom is 0.0824 e. The zero-order valence-electron chi connectivity index (χ0n) is 7.02.